The zero-order chi connectivity index (χ0) is 9.42. The van der Waals surface area contributed by atoms with Crippen LogP contribution in [0.3, 0.4) is 0 Å². The van der Waals surface area contributed by atoms with Gasteiger partial charge in [-0.15, -0.1) is 11.3 Å². The zero-order valence-corrected chi connectivity index (χ0v) is 8.88. The van der Waals surface area contributed by atoms with Gasteiger partial charge in [-0.25, -0.2) is 0 Å². The van der Waals surface area contributed by atoms with Gasteiger partial charge in [-0.2, -0.15) is 0 Å². The highest BCUT2D eigenvalue weighted by molar-refractivity contribution is 7.19. The van der Waals surface area contributed by atoms with E-state index in [0.717, 1.165) is 15.3 Å². The molecule has 13 heavy (non-hydrogen) atoms. The van der Waals surface area contributed by atoms with Gasteiger partial charge in [0.2, 0.25) is 0 Å². The van der Waals surface area contributed by atoms with Gasteiger partial charge in [0.15, 0.2) is 0 Å². The normalized spacial score (nSPS) is 11.0. The van der Waals surface area contributed by atoms with Gasteiger partial charge in [0.25, 0.3) is 0 Å². The van der Waals surface area contributed by atoms with E-state index < -0.39 is 0 Å². The molecule has 0 radical (unpaired) electrons. The summed E-state index contributed by atoms with van der Waals surface area (Å²) in [7, 11) is 0. The van der Waals surface area contributed by atoms with Gasteiger partial charge in [0.1, 0.15) is 0 Å². The highest BCUT2D eigenvalue weighted by atomic mass is 35.5. The minimum absolute atomic E-state index is 0.525. The summed E-state index contributed by atoms with van der Waals surface area (Å²) in [6, 6.07) is 6.27. The fraction of sp³-hybridized carbons (Fsp3) is 0.200. The van der Waals surface area contributed by atoms with Crippen LogP contribution in [0.25, 0.3) is 10.1 Å². The Bertz CT molecular complexity index is 447. The molecule has 0 aliphatic carbocycles. The Morgan fingerprint density at radius 1 is 1.46 bits per heavy atom. The lowest BCUT2D eigenvalue weighted by atomic mass is 10.2. The van der Waals surface area contributed by atoms with Gasteiger partial charge in [0, 0.05) is 21.5 Å². The van der Waals surface area contributed by atoms with Gasteiger partial charge in [-0.05, 0) is 18.6 Å². The molecule has 1 nitrogen and oxygen atoms in total. The fourth-order valence-electron chi connectivity index (χ4n) is 1.35. The first kappa shape index (κ1) is 9.00. The van der Waals surface area contributed by atoms with Gasteiger partial charge >= 0.3 is 0 Å². The van der Waals surface area contributed by atoms with Crippen molar-refractivity contribution in [3.63, 3.8) is 0 Å². The molecule has 0 fully saturated rings. The van der Waals surface area contributed by atoms with Crippen molar-refractivity contribution in [3.05, 3.63) is 33.7 Å². The van der Waals surface area contributed by atoms with Crippen LogP contribution in [-0.2, 0) is 6.54 Å². The molecular formula is C10H10ClNS. The van der Waals surface area contributed by atoms with Crippen LogP contribution in [0.4, 0.5) is 0 Å². The van der Waals surface area contributed by atoms with Crippen LogP contribution in [-0.4, -0.2) is 0 Å². The van der Waals surface area contributed by atoms with E-state index in [9.17, 15) is 0 Å². The first-order chi connectivity index (χ1) is 6.22. The predicted octanol–water partition coefficient (Wildman–Crippen LogP) is 3.32. The summed E-state index contributed by atoms with van der Waals surface area (Å²) >= 11 is 7.82. The van der Waals surface area contributed by atoms with Crippen molar-refractivity contribution in [2.45, 2.75) is 13.5 Å². The van der Waals surface area contributed by atoms with Crippen molar-refractivity contribution >= 4 is 33.0 Å². The van der Waals surface area contributed by atoms with E-state index in [1.165, 1.54) is 10.3 Å². The summed E-state index contributed by atoms with van der Waals surface area (Å²) < 4.78 is 1.23. The summed E-state index contributed by atoms with van der Waals surface area (Å²) in [5, 5.41) is 1.94. The monoisotopic (exact) mass is 211 g/mol. The molecule has 68 valence electrons. The standard InChI is InChI=1S/C10H10ClNS/c1-6-2-3-7-8(4-6)13-9(5-12)10(7)11/h2-4H,5,12H2,1H3. The molecule has 0 aliphatic heterocycles. The van der Waals surface area contributed by atoms with Crippen molar-refractivity contribution in [2.75, 3.05) is 0 Å². The summed E-state index contributed by atoms with van der Waals surface area (Å²) in [4.78, 5) is 1.07. The molecule has 1 heterocycles. The molecule has 3 heteroatoms. The van der Waals surface area contributed by atoms with E-state index in [4.69, 9.17) is 17.3 Å². The smallest absolute Gasteiger partial charge is 0.0636 e. The predicted molar refractivity (Wildman–Crippen MR) is 59.5 cm³/mol. The van der Waals surface area contributed by atoms with Crippen molar-refractivity contribution in [1.82, 2.24) is 0 Å². The number of benzene rings is 1. The largest absolute Gasteiger partial charge is 0.326 e. The molecule has 0 saturated carbocycles. The minimum Gasteiger partial charge on any atom is -0.326 e. The van der Waals surface area contributed by atoms with Crippen molar-refractivity contribution in [1.29, 1.82) is 0 Å². The lowest BCUT2D eigenvalue weighted by Crippen LogP contribution is -1.92. The van der Waals surface area contributed by atoms with Gasteiger partial charge < -0.3 is 5.73 Å². The molecular weight excluding hydrogens is 202 g/mol. The number of hydrogen-bond donors (Lipinski definition) is 1. The Morgan fingerprint density at radius 3 is 2.92 bits per heavy atom. The van der Waals surface area contributed by atoms with Gasteiger partial charge in [0.05, 0.1) is 5.02 Å². The highest BCUT2D eigenvalue weighted by Gasteiger charge is 2.07. The van der Waals surface area contributed by atoms with Crippen LogP contribution in [0.15, 0.2) is 18.2 Å². The van der Waals surface area contributed by atoms with Crippen LogP contribution in [0, 0.1) is 6.92 Å². The molecule has 0 spiro atoms. The summed E-state index contributed by atoms with van der Waals surface area (Å²) in [5.74, 6) is 0. The topological polar surface area (TPSA) is 26.0 Å². The Balaban J connectivity index is 2.76. The molecule has 0 unspecified atom stereocenters. The third-order valence-electron chi connectivity index (χ3n) is 2.04. The number of aryl methyl sites for hydroxylation is 1. The van der Waals surface area contributed by atoms with Crippen LogP contribution >= 0.6 is 22.9 Å². The molecule has 2 rings (SSSR count). The van der Waals surface area contributed by atoms with Crippen molar-refractivity contribution in [3.8, 4) is 0 Å². The third kappa shape index (κ3) is 1.46. The van der Waals surface area contributed by atoms with E-state index in [1.54, 1.807) is 11.3 Å². The van der Waals surface area contributed by atoms with E-state index in [2.05, 4.69) is 25.1 Å². The van der Waals surface area contributed by atoms with Crippen molar-refractivity contribution < 1.29 is 0 Å². The second-order valence-corrected chi connectivity index (χ2v) is 4.56. The van der Waals surface area contributed by atoms with E-state index in [1.807, 2.05) is 0 Å². The van der Waals surface area contributed by atoms with E-state index in [-0.39, 0.29) is 0 Å². The minimum atomic E-state index is 0.525. The molecule has 1 aromatic carbocycles. The Hall–Kier alpha value is -0.570. The molecule has 1 aromatic heterocycles. The quantitative estimate of drug-likeness (QED) is 0.770. The number of fused-ring (bicyclic) bond motifs is 1. The Morgan fingerprint density at radius 2 is 2.23 bits per heavy atom. The summed E-state index contributed by atoms with van der Waals surface area (Å²) in [6.45, 7) is 2.60. The molecule has 0 saturated heterocycles. The fourth-order valence-corrected chi connectivity index (χ4v) is 2.84. The zero-order valence-electron chi connectivity index (χ0n) is 7.30. The second-order valence-electron chi connectivity index (χ2n) is 3.04. The number of halogens is 1. The SMILES string of the molecule is Cc1ccc2c(Cl)c(CN)sc2c1. The maximum Gasteiger partial charge on any atom is 0.0636 e. The number of thiophene rings is 1. The maximum atomic E-state index is 6.14. The lowest BCUT2D eigenvalue weighted by Gasteiger charge is -1.92. The summed E-state index contributed by atoms with van der Waals surface area (Å²) in [5.41, 5.74) is 6.84. The van der Waals surface area contributed by atoms with E-state index >= 15 is 0 Å². The number of nitrogens with two attached hydrogens (primary N) is 1. The molecule has 2 aromatic rings. The van der Waals surface area contributed by atoms with Gasteiger partial charge in [-0.3, -0.25) is 0 Å². The van der Waals surface area contributed by atoms with Crippen molar-refractivity contribution in [2.24, 2.45) is 5.73 Å². The first-order valence-electron chi connectivity index (χ1n) is 4.10. The van der Waals surface area contributed by atoms with Crippen LogP contribution in [0.2, 0.25) is 5.02 Å². The average Bonchev–Trinajstić information content (AvgIpc) is 2.42. The number of rotatable bonds is 1. The lowest BCUT2D eigenvalue weighted by molar-refractivity contribution is 1.11. The molecule has 2 N–H and O–H groups in total. The Kier molecular flexibility index (Phi) is 2.28. The van der Waals surface area contributed by atoms with Crippen LogP contribution in [0.5, 0.6) is 0 Å². The Labute approximate surface area is 86.1 Å². The molecule has 0 bridgehead atoms. The van der Waals surface area contributed by atoms with Gasteiger partial charge in [-0.1, -0.05) is 23.7 Å². The third-order valence-corrected chi connectivity index (χ3v) is 3.76. The average molecular weight is 212 g/mol. The maximum absolute atomic E-state index is 6.14. The molecule has 0 atom stereocenters. The summed E-state index contributed by atoms with van der Waals surface area (Å²) in [6.07, 6.45) is 0. The van der Waals surface area contributed by atoms with Crippen LogP contribution in [0.1, 0.15) is 10.4 Å². The van der Waals surface area contributed by atoms with Crippen LogP contribution < -0.4 is 5.73 Å². The second kappa shape index (κ2) is 3.29. The van der Waals surface area contributed by atoms with E-state index in [0.29, 0.717) is 6.54 Å². The molecule has 0 amide bonds. The number of hydrogen-bond acceptors (Lipinski definition) is 2. The first-order valence-corrected chi connectivity index (χ1v) is 5.29. The molecule has 0 aliphatic rings. The highest BCUT2D eigenvalue weighted by Crippen LogP contribution is 2.35.